The molecule has 20 heavy (non-hydrogen) atoms. The average molecular weight is 276 g/mol. The number of piperidine rings is 1. The van der Waals surface area contributed by atoms with Crippen LogP contribution in [0, 0.1) is 5.92 Å². The third-order valence-corrected chi connectivity index (χ3v) is 4.35. The number of phenolic OH excluding ortho intramolecular Hbond substituents is 1. The van der Waals surface area contributed by atoms with Gasteiger partial charge in [0.15, 0.2) is 0 Å². The van der Waals surface area contributed by atoms with E-state index < -0.39 is 0 Å². The van der Waals surface area contributed by atoms with Crippen LogP contribution in [0.2, 0.25) is 0 Å². The van der Waals surface area contributed by atoms with Gasteiger partial charge in [-0.25, -0.2) is 0 Å². The molecule has 0 saturated carbocycles. The van der Waals surface area contributed by atoms with Crippen molar-refractivity contribution in [2.45, 2.75) is 19.3 Å². The summed E-state index contributed by atoms with van der Waals surface area (Å²) in [4.78, 5) is 2.34. The van der Waals surface area contributed by atoms with Gasteiger partial charge in [-0.05, 0) is 62.0 Å². The molecule has 4 heteroatoms. The van der Waals surface area contributed by atoms with Gasteiger partial charge in [0.05, 0.1) is 13.2 Å². The van der Waals surface area contributed by atoms with Crippen molar-refractivity contribution >= 4 is 5.69 Å². The van der Waals surface area contributed by atoms with Crippen LogP contribution < -0.4 is 10.2 Å². The van der Waals surface area contributed by atoms with Crippen molar-refractivity contribution < 1.29 is 9.84 Å². The number of hydrogen-bond donors (Lipinski definition) is 2. The Balaban J connectivity index is 1.72. The molecule has 0 bridgehead atoms. The summed E-state index contributed by atoms with van der Waals surface area (Å²) in [5.74, 6) is 1.09. The minimum Gasteiger partial charge on any atom is -0.508 e. The minimum absolute atomic E-state index is 0.438. The summed E-state index contributed by atoms with van der Waals surface area (Å²) in [7, 11) is 0. The molecule has 0 aromatic heterocycles. The summed E-state index contributed by atoms with van der Waals surface area (Å²) in [6, 6.07) is 6.02. The van der Waals surface area contributed by atoms with Crippen LogP contribution in [-0.2, 0) is 11.2 Å². The smallest absolute Gasteiger partial charge is 0.118 e. The zero-order valence-corrected chi connectivity index (χ0v) is 12.0. The van der Waals surface area contributed by atoms with Crippen LogP contribution >= 0.6 is 0 Å². The first-order valence-electron chi connectivity index (χ1n) is 7.68. The van der Waals surface area contributed by atoms with Gasteiger partial charge in [0.2, 0.25) is 0 Å². The summed E-state index contributed by atoms with van der Waals surface area (Å²) in [5.41, 5.74) is 2.30. The molecule has 1 aromatic rings. The van der Waals surface area contributed by atoms with E-state index in [1.165, 1.54) is 18.5 Å². The topological polar surface area (TPSA) is 44.7 Å². The highest BCUT2D eigenvalue weighted by Gasteiger charge is 2.17. The van der Waals surface area contributed by atoms with E-state index in [2.05, 4.69) is 16.3 Å². The molecule has 4 nitrogen and oxygen atoms in total. The van der Waals surface area contributed by atoms with Crippen molar-refractivity contribution in [3.05, 3.63) is 23.8 Å². The fraction of sp³-hybridized carbons (Fsp3) is 0.625. The second kappa shape index (κ2) is 6.46. The van der Waals surface area contributed by atoms with Gasteiger partial charge in [0.1, 0.15) is 5.75 Å². The fourth-order valence-electron chi connectivity index (χ4n) is 3.16. The first kappa shape index (κ1) is 13.7. The van der Waals surface area contributed by atoms with Gasteiger partial charge in [0.25, 0.3) is 0 Å². The Labute approximate surface area is 120 Å². The Morgan fingerprint density at radius 2 is 2.15 bits per heavy atom. The number of anilines is 1. The van der Waals surface area contributed by atoms with Crippen molar-refractivity contribution in [1.29, 1.82) is 0 Å². The van der Waals surface area contributed by atoms with Crippen LogP contribution in [0.5, 0.6) is 5.75 Å². The third-order valence-electron chi connectivity index (χ3n) is 4.35. The molecule has 0 spiro atoms. The van der Waals surface area contributed by atoms with E-state index >= 15 is 0 Å². The number of morpholine rings is 1. The van der Waals surface area contributed by atoms with Gasteiger partial charge in [0, 0.05) is 18.8 Å². The molecule has 2 heterocycles. The Morgan fingerprint density at radius 3 is 2.90 bits per heavy atom. The standard InChI is InChI=1S/C16H24N2O2/c19-16-4-3-15(18-6-8-20-9-7-18)11-14(16)10-13-2-1-5-17-12-13/h3-4,11,13,17,19H,1-2,5-10,12H2. The molecule has 3 rings (SSSR count). The average Bonchev–Trinajstić information content (AvgIpc) is 2.51. The van der Waals surface area contributed by atoms with E-state index in [1.807, 2.05) is 12.1 Å². The van der Waals surface area contributed by atoms with Crippen LogP contribution in [0.3, 0.4) is 0 Å². The normalized spacial score (nSPS) is 23.8. The Kier molecular flexibility index (Phi) is 4.43. The van der Waals surface area contributed by atoms with Crippen LogP contribution in [0.25, 0.3) is 0 Å². The van der Waals surface area contributed by atoms with Crippen LogP contribution in [0.4, 0.5) is 5.69 Å². The van der Waals surface area contributed by atoms with Gasteiger partial charge < -0.3 is 20.1 Å². The van der Waals surface area contributed by atoms with Gasteiger partial charge in [-0.1, -0.05) is 0 Å². The number of benzene rings is 1. The maximum Gasteiger partial charge on any atom is 0.118 e. The number of nitrogens with zero attached hydrogens (tertiary/aromatic N) is 1. The van der Waals surface area contributed by atoms with Gasteiger partial charge >= 0.3 is 0 Å². The van der Waals surface area contributed by atoms with Gasteiger partial charge in [-0.3, -0.25) is 0 Å². The molecule has 1 aromatic carbocycles. The van der Waals surface area contributed by atoms with Crippen molar-refractivity contribution in [3.63, 3.8) is 0 Å². The summed E-state index contributed by atoms with van der Waals surface area (Å²) >= 11 is 0. The van der Waals surface area contributed by atoms with Crippen LogP contribution in [0.1, 0.15) is 18.4 Å². The zero-order chi connectivity index (χ0) is 13.8. The zero-order valence-electron chi connectivity index (χ0n) is 12.0. The number of rotatable bonds is 3. The van der Waals surface area contributed by atoms with E-state index in [0.717, 1.165) is 51.4 Å². The second-order valence-electron chi connectivity index (χ2n) is 5.83. The number of nitrogens with one attached hydrogen (secondary N) is 1. The lowest BCUT2D eigenvalue weighted by Crippen LogP contribution is -2.36. The number of hydrogen-bond acceptors (Lipinski definition) is 4. The van der Waals surface area contributed by atoms with Crippen molar-refractivity contribution in [2.24, 2.45) is 5.92 Å². The second-order valence-corrected chi connectivity index (χ2v) is 5.83. The van der Waals surface area contributed by atoms with E-state index in [-0.39, 0.29) is 0 Å². The monoisotopic (exact) mass is 276 g/mol. The molecule has 1 unspecified atom stereocenters. The summed E-state index contributed by atoms with van der Waals surface area (Å²) in [6.07, 6.45) is 3.47. The predicted octanol–water partition coefficient (Wildman–Crippen LogP) is 1.77. The van der Waals surface area contributed by atoms with Gasteiger partial charge in [-0.15, -0.1) is 0 Å². The van der Waals surface area contributed by atoms with Crippen molar-refractivity contribution in [3.8, 4) is 5.75 Å². The summed E-state index contributed by atoms with van der Waals surface area (Å²) in [5, 5.41) is 13.5. The Bertz CT molecular complexity index is 438. The number of aromatic hydroxyl groups is 1. The molecular weight excluding hydrogens is 252 g/mol. The molecule has 1 atom stereocenters. The molecule has 0 amide bonds. The Hall–Kier alpha value is -1.26. The first-order chi connectivity index (χ1) is 9.83. The largest absolute Gasteiger partial charge is 0.508 e. The van der Waals surface area contributed by atoms with E-state index in [1.54, 1.807) is 0 Å². The number of phenols is 1. The third kappa shape index (κ3) is 3.25. The maximum absolute atomic E-state index is 10.1. The maximum atomic E-state index is 10.1. The Morgan fingerprint density at radius 1 is 1.30 bits per heavy atom. The molecule has 0 aliphatic carbocycles. The molecular formula is C16H24N2O2. The highest BCUT2D eigenvalue weighted by molar-refractivity contribution is 5.53. The SMILES string of the molecule is Oc1ccc(N2CCOCC2)cc1CC1CCCNC1. The summed E-state index contributed by atoms with van der Waals surface area (Å²) in [6.45, 7) is 5.67. The lowest BCUT2D eigenvalue weighted by atomic mass is 9.91. The molecule has 2 N–H and O–H groups in total. The molecule has 2 aliphatic heterocycles. The van der Waals surface area contributed by atoms with Crippen molar-refractivity contribution in [1.82, 2.24) is 5.32 Å². The van der Waals surface area contributed by atoms with E-state index in [9.17, 15) is 5.11 Å². The highest BCUT2D eigenvalue weighted by Crippen LogP contribution is 2.28. The summed E-state index contributed by atoms with van der Waals surface area (Å²) < 4.78 is 5.40. The molecule has 2 fully saturated rings. The quantitative estimate of drug-likeness (QED) is 0.883. The first-order valence-corrected chi connectivity index (χ1v) is 7.68. The number of ether oxygens (including phenoxy) is 1. The van der Waals surface area contributed by atoms with Crippen LogP contribution in [0.15, 0.2) is 18.2 Å². The van der Waals surface area contributed by atoms with Gasteiger partial charge in [-0.2, -0.15) is 0 Å². The van der Waals surface area contributed by atoms with Crippen molar-refractivity contribution in [2.75, 3.05) is 44.3 Å². The predicted molar refractivity (Wildman–Crippen MR) is 80.4 cm³/mol. The molecule has 0 radical (unpaired) electrons. The lowest BCUT2D eigenvalue weighted by Gasteiger charge is -2.30. The molecule has 2 aliphatic rings. The highest BCUT2D eigenvalue weighted by atomic mass is 16.5. The fourth-order valence-corrected chi connectivity index (χ4v) is 3.16. The van der Waals surface area contributed by atoms with Crippen LogP contribution in [-0.4, -0.2) is 44.5 Å². The lowest BCUT2D eigenvalue weighted by molar-refractivity contribution is 0.122. The van der Waals surface area contributed by atoms with E-state index in [4.69, 9.17) is 4.74 Å². The minimum atomic E-state index is 0.438. The molecule has 110 valence electrons. The van der Waals surface area contributed by atoms with E-state index in [0.29, 0.717) is 11.7 Å². The molecule has 2 saturated heterocycles.